The maximum absolute atomic E-state index is 14.1. The predicted molar refractivity (Wildman–Crippen MR) is 169 cm³/mol. The smallest absolute Gasteiger partial charge is 0.344 e. The Morgan fingerprint density at radius 3 is 2.30 bits per heavy atom. The van der Waals surface area contributed by atoms with Crippen molar-refractivity contribution in [1.82, 2.24) is 4.57 Å². The van der Waals surface area contributed by atoms with Crippen molar-refractivity contribution < 1.29 is 42.8 Å². The van der Waals surface area contributed by atoms with Gasteiger partial charge < -0.3 is 28.4 Å². The molecule has 0 unspecified atom stereocenters. The molecule has 0 radical (unpaired) electrons. The fourth-order valence-corrected chi connectivity index (χ4v) is 5.85. The molecule has 0 saturated heterocycles. The Labute approximate surface area is 273 Å². The molecule has 1 aliphatic rings. The van der Waals surface area contributed by atoms with Crippen molar-refractivity contribution in [3.8, 4) is 17.2 Å². The number of thiazole rings is 1. The number of carbonyl (C=O) groups is 3. The molecule has 0 bridgehead atoms. The Hall–Kier alpha value is -4.62. The lowest BCUT2D eigenvalue weighted by atomic mass is 9.95. The van der Waals surface area contributed by atoms with Crippen LogP contribution in [0.2, 0.25) is 5.02 Å². The van der Waals surface area contributed by atoms with Gasteiger partial charge in [0.05, 0.1) is 48.8 Å². The summed E-state index contributed by atoms with van der Waals surface area (Å²) in [5.74, 6) is -0.859. The molecular formula is C32H33ClN2O10S. The average molecular weight is 673 g/mol. The number of fused-ring (bicyclic) bond motifs is 1. The summed E-state index contributed by atoms with van der Waals surface area (Å²) in [5, 5.41) is 0.388. The number of hydrogen-bond acceptors (Lipinski definition) is 12. The maximum atomic E-state index is 14.1. The fraction of sp³-hybridized carbons (Fsp3) is 0.344. The van der Waals surface area contributed by atoms with E-state index in [0.717, 1.165) is 11.3 Å². The molecule has 0 aliphatic carbocycles. The van der Waals surface area contributed by atoms with Crippen LogP contribution >= 0.6 is 22.9 Å². The van der Waals surface area contributed by atoms with Gasteiger partial charge in [-0.2, -0.15) is 0 Å². The summed E-state index contributed by atoms with van der Waals surface area (Å²) in [5.41, 5.74) is 1.07. The van der Waals surface area contributed by atoms with Crippen molar-refractivity contribution in [2.45, 2.75) is 33.7 Å². The van der Waals surface area contributed by atoms with Crippen LogP contribution in [0.5, 0.6) is 17.2 Å². The summed E-state index contributed by atoms with van der Waals surface area (Å²) >= 11 is 7.38. The topological polar surface area (TPSA) is 141 Å². The van der Waals surface area contributed by atoms with Crippen LogP contribution in [-0.2, 0) is 28.6 Å². The second-order valence-electron chi connectivity index (χ2n) is 9.58. The molecular weight excluding hydrogens is 640 g/mol. The average Bonchev–Trinajstić information content (AvgIpc) is 3.33. The van der Waals surface area contributed by atoms with Crippen LogP contribution in [0.25, 0.3) is 6.08 Å². The van der Waals surface area contributed by atoms with Gasteiger partial charge in [0, 0.05) is 10.6 Å². The first-order valence-electron chi connectivity index (χ1n) is 14.4. The number of aromatic nitrogens is 1. The first kappa shape index (κ1) is 34.3. The SMILES string of the molecule is CCOC(=O)COc1ccc(Cl)cc1/C=c1/sc2n(c1=O)[C@H](c1ccc(OCC(=O)OC)c(OCC)c1)C(C(=O)OCC)=C(C)N=2. The highest BCUT2D eigenvalue weighted by atomic mass is 35.5. The number of allylic oxidation sites excluding steroid dienone is 1. The number of ether oxygens (including phenoxy) is 6. The van der Waals surface area contributed by atoms with E-state index in [1.54, 1.807) is 70.2 Å². The lowest BCUT2D eigenvalue weighted by Gasteiger charge is -2.25. The zero-order chi connectivity index (χ0) is 33.4. The summed E-state index contributed by atoms with van der Waals surface area (Å²) in [6.45, 7) is 6.76. The quantitative estimate of drug-likeness (QED) is 0.196. The van der Waals surface area contributed by atoms with E-state index in [0.29, 0.717) is 38.1 Å². The third kappa shape index (κ3) is 7.77. The minimum absolute atomic E-state index is 0.112. The molecule has 244 valence electrons. The first-order valence-corrected chi connectivity index (χ1v) is 15.5. The highest BCUT2D eigenvalue weighted by molar-refractivity contribution is 7.07. The highest BCUT2D eigenvalue weighted by Gasteiger charge is 2.34. The Bertz CT molecular complexity index is 1850. The largest absolute Gasteiger partial charge is 0.490 e. The highest BCUT2D eigenvalue weighted by Crippen LogP contribution is 2.36. The molecule has 1 atom stereocenters. The monoisotopic (exact) mass is 672 g/mol. The normalized spacial score (nSPS) is 14.2. The number of halogens is 1. The molecule has 0 fully saturated rings. The third-order valence-corrected chi connectivity index (χ3v) is 7.80. The van der Waals surface area contributed by atoms with Crippen LogP contribution in [-0.4, -0.2) is 62.6 Å². The summed E-state index contributed by atoms with van der Waals surface area (Å²) in [6.07, 6.45) is 1.59. The van der Waals surface area contributed by atoms with Crippen LogP contribution in [0, 0.1) is 0 Å². The van der Waals surface area contributed by atoms with E-state index in [1.807, 2.05) is 0 Å². The number of hydrogen-bond donors (Lipinski definition) is 0. The van der Waals surface area contributed by atoms with Gasteiger partial charge in [0.15, 0.2) is 29.5 Å². The Morgan fingerprint density at radius 1 is 0.913 bits per heavy atom. The van der Waals surface area contributed by atoms with Gasteiger partial charge in [0.2, 0.25) is 0 Å². The molecule has 1 aliphatic heterocycles. The molecule has 12 nitrogen and oxygen atoms in total. The molecule has 0 N–H and O–H groups in total. The number of methoxy groups -OCH3 is 1. The van der Waals surface area contributed by atoms with E-state index >= 15 is 0 Å². The molecule has 4 rings (SSSR count). The zero-order valence-corrected chi connectivity index (χ0v) is 27.5. The summed E-state index contributed by atoms with van der Waals surface area (Å²) in [4.78, 5) is 56.0. The minimum atomic E-state index is -0.940. The van der Waals surface area contributed by atoms with E-state index in [1.165, 1.54) is 11.7 Å². The van der Waals surface area contributed by atoms with Crippen LogP contribution in [0.3, 0.4) is 0 Å². The van der Waals surface area contributed by atoms with Crippen LogP contribution in [0.4, 0.5) is 0 Å². The van der Waals surface area contributed by atoms with Gasteiger partial charge >= 0.3 is 17.9 Å². The molecule has 2 aromatic carbocycles. The number of benzene rings is 2. The molecule has 14 heteroatoms. The van der Waals surface area contributed by atoms with E-state index in [2.05, 4.69) is 9.73 Å². The van der Waals surface area contributed by atoms with Crippen molar-refractivity contribution in [2.24, 2.45) is 4.99 Å². The van der Waals surface area contributed by atoms with E-state index in [9.17, 15) is 19.2 Å². The lowest BCUT2D eigenvalue weighted by molar-refractivity contribution is -0.145. The predicted octanol–water partition coefficient (Wildman–Crippen LogP) is 3.34. The molecule has 0 saturated carbocycles. The van der Waals surface area contributed by atoms with Crippen molar-refractivity contribution in [2.75, 3.05) is 40.1 Å². The Kier molecular flexibility index (Phi) is 11.6. The number of esters is 3. The second-order valence-corrected chi connectivity index (χ2v) is 11.0. The van der Waals surface area contributed by atoms with Gasteiger partial charge in [0.1, 0.15) is 5.75 Å². The van der Waals surface area contributed by atoms with E-state index in [-0.39, 0.29) is 48.9 Å². The van der Waals surface area contributed by atoms with Crippen molar-refractivity contribution in [3.05, 3.63) is 83.5 Å². The zero-order valence-electron chi connectivity index (χ0n) is 25.9. The van der Waals surface area contributed by atoms with Gasteiger partial charge in [-0.25, -0.2) is 19.4 Å². The standard InChI is InChI=1S/C32H33ClN2O10S/c1-6-41-24-14-19(9-11-23(24)45-16-26(36)40-5)29-28(31(39)43-8-3)18(4)34-32-35(29)30(38)25(46-32)15-20-13-21(33)10-12-22(20)44-17-27(37)42-7-2/h9-15,29H,6-8,16-17H2,1-5H3/b25-15+/t29-/m1/s1. The van der Waals surface area contributed by atoms with Crippen LogP contribution in [0.1, 0.15) is 44.9 Å². The van der Waals surface area contributed by atoms with Gasteiger partial charge in [-0.05, 0) is 69.7 Å². The fourth-order valence-electron chi connectivity index (χ4n) is 4.63. The molecule has 46 heavy (non-hydrogen) atoms. The summed E-state index contributed by atoms with van der Waals surface area (Å²) in [7, 11) is 1.25. The van der Waals surface area contributed by atoms with Crippen molar-refractivity contribution >= 4 is 46.9 Å². The van der Waals surface area contributed by atoms with Gasteiger partial charge in [-0.3, -0.25) is 9.36 Å². The van der Waals surface area contributed by atoms with Crippen LogP contribution < -0.4 is 29.1 Å². The molecule has 2 heterocycles. The summed E-state index contributed by atoms with van der Waals surface area (Å²) in [6, 6.07) is 8.77. The Balaban J connectivity index is 1.87. The van der Waals surface area contributed by atoms with Gasteiger partial charge in [0.25, 0.3) is 5.56 Å². The van der Waals surface area contributed by atoms with Crippen molar-refractivity contribution in [1.29, 1.82) is 0 Å². The first-order chi connectivity index (χ1) is 22.1. The number of rotatable bonds is 13. The van der Waals surface area contributed by atoms with E-state index < -0.39 is 29.5 Å². The number of nitrogens with zero attached hydrogens (tertiary/aromatic N) is 2. The lowest BCUT2D eigenvalue weighted by Crippen LogP contribution is -2.40. The van der Waals surface area contributed by atoms with Gasteiger partial charge in [-0.15, -0.1) is 0 Å². The molecule has 0 amide bonds. The summed E-state index contributed by atoms with van der Waals surface area (Å²) < 4.78 is 33.8. The minimum Gasteiger partial charge on any atom is -0.490 e. The Morgan fingerprint density at radius 2 is 1.61 bits per heavy atom. The maximum Gasteiger partial charge on any atom is 0.344 e. The van der Waals surface area contributed by atoms with Gasteiger partial charge in [-0.1, -0.05) is 29.0 Å². The van der Waals surface area contributed by atoms with Crippen LogP contribution in [0.15, 0.2) is 57.5 Å². The third-order valence-electron chi connectivity index (χ3n) is 6.58. The molecule has 0 spiro atoms. The molecule has 1 aromatic heterocycles. The van der Waals surface area contributed by atoms with Crippen molar-refractivity contribution in [3.63, 3.8) is 0 Å². The second kappa shape index (κ2) is 15.6. The van der Waals surface area contributed by atoms with E-state index in [4.69, 9.17) is 35.3 Å². The number of carbonyl (C=O) groups excluding carboxylic acids is 3. The molecule has 3 aromatic rings.